The highest BCUT2D eigenvalue weighted by Gasteiger charge is 2.15. The van der Waals surface area contributed by atoms with Crippen molar-refractivity contribution in [2.24, 2.45) is 7.05 Å². The molecule has 0 aliphatic carbocycles. The van der Waals surface area contributed by atoms with E-state index in [0.29, 0.717) is 11.3 Å². The smallest absolute Gasteiger partial charge is 0.141 e. The number of aryl methyl sites for hydroxylation is 1. The van der Waals surface area contributed by atoms with Gasteiger partial charge in [-0.25, -0.2) is 9.07 Å². The molecule has 16 heavy (non-hydrogen) atoms. The van der Waals surface area contributed by atoms with Gasteiger partial charge in [-0.2, -0.15) is 0 Å². The molecule has 1 aromatic heterocycles. The Morgan fingerprint density at radius 1 is 1.50 bits per heavy atom. The van der Waals surface area contributed by atoms with Gasteiger partial charge >= 0.3 is 0 Å². The average molecular weight is 242 g/mol. The highest BCUT2D eigenvalue weighted by atomic mass is 35.5. The molecule has 1 N–H and O–H groups in total. The monoisotopic (exact) mass is 241 g/mol. The molecule has 0 saturated carbocycles. The second-order valence-corrected chi connectivity index (χ2v) is 3.77. The Hall–Kier alpha value is -1.46. The predicted molar refractivity (Wildman–Crippen MR) is 56.5 cm³/mol. The summed E-state index contributed by atoms with van der Waals surface area (Å²) in [5.74, 6) is -0.513. The van der Waals surface area contributed by atoms with Crippen LogP contribution in [0.3, 0.4) is 0 Å². The van der Waals surface area contributed by atoms with E-state index in [2.05, 4.69) is 10.3 Å². The largest absolute Gasteiger partial charge is 0.382 e. The molecule has 0 spiro atoms. The minimum absolute atomic E-state index is 0.0216. The number of hydrogen-bond acceptors (Lipinski definition) is 3. The molecule has 2 aromatic rings. The summed E-state index contributed by atoms with van der Waals surface area (Å²) < 4.78 is 14.4. The van der Waals surface area contributed by atoms with E-state index in [9.17, 15) is 9.50 Å². The number of hydrogen-bond donors (Lipinski definition) is 1. The maximum absolute atomic E-state index is 12.9. The summed E-state index contributed by atoms with van der Waals surface area (Å²) in [7, 11) is 1.66. The van der Waals surface area contributed by atoms with Crippen LogP contribution in [-0.4, -0.2) is 20.1 Å². The molecular formula is C10H9ClFN3O. The van der Waals surface area contributed by atoms with E-state index >= 15 is 0 Å². The van der Waals surface area contributed by atoms with E-state index in [1.807, 2.05) is 0 Å². The van der Waals surface area contributed by atoms with Crippen molar-refractivity contribution in [1.82, 2.24) is 15.0 Å². The maximum Gasteiger partial charge on any atom is 0.141 e. The molecule has 0 amide bonds. The van der Waals surface area contributed by atoms with Gasteiger partial charge in [-0.3, -0.25) is 0 Å². The van der Waals surface area contributed by atoms with Gasteiger partial charge in [0.05, 0.1) is 16.9 Å². The van der Waals surface area contributed by atoms with E-state index < -0.39 is 11.9 Å². The lowest BCUT2D eigenvalue weighted by Crippen LogP contribution is -2.06. The molecule has 0 aliphatic heterocycles. The fourth-order valence-electron chi connectivity index (χ4n) is 1.40. The Morgan fingerprint density at radius 2 is 2.25 bits per heavy atom. The molecule has 0 bridgehead atoms. The third-order valence-corrected chi connectivity index (χ3v) is 2.58. The number of benzene rings is 1. The van der Waals surface area contributed by atoms with Gasteiger partial charge in [0.25, 0.3) is 0 Å². The normalized spacial score (nSPS) is 12.8. The van der Waals surface area contributed by atoms with Gasteiger partial charge in [-0.15, -0.1) is 5.10 Å². The van der Waals surface area contributed by atoms with Crippen molar-refractivity contribution in [3.63, 3.8) is 0 Å². The lowest BCUT2D eigenvalue weighted by atomic mass is 10.1. The van der Waals surface area contributed by atoms with Gasteiger partial charge in [0.2, 0.25) is 0 Å². The Labute approximate surface area is 96.3 Å². The number of aliphatic hydroxyl groups excluding tert-OH is 1. The van der Waals surface area contributed by atoms with Crippen LogP contribution in [0.5, 0.6) is 0 Å². The highest BCUT2D eigenvalue weighted by Crippen LogP contribution is 2.24. The minimum atomic E-state index is -0.918. The summed E-state index contributed by atoms with van der Waals surface area (Å²) in [5, 5.41) is 17.3. The van der Waals surface area contributed by atoms with Gasteiger partial charge in [0.1, 0.15) is 11.9 Å². The molecule has 0 radical (unpaired) electrons. The van der Waals surface area contributed by atoms with E-state index in [0.717, 1.165) is 0 Å². The van der Waals surface area contributed by atoms with Crippen molar-refractivity contribution in [2.75, 3.05) is 0 Å². The van der Waals surface area contributed by atoms with Crippen LogP contribution < -0.4 is 0 Å². The van der Waals surface area contributed by atoms with Gasteiger partial charge in [0, 0.05) is 7.05 Å². The molecule has 0 saturated heterocycles. The van der Waals surface area contributed by atoms with Crippen LogP contribution in [0.2, 0.25) is 5.02 Å². The van der Waals surface area contributed by atoms with E-state index in [-0.39, 0.29) is 5.02 Å². The van der Waals surface area contributed by atoms with E-state index in [1.54, 1.807) is 7.05 Å². The summed E-state index contributed by atoms with van der Waals surface area (Å²) in [5.41, 5.74) is 1.01. The molecule has 4 nitrogen and oxygen atoms in total. The first kappa shape index (κ1) is 11.0. The molecular weight excluding hydrogens is 233 g/mol. The van der Waals surface area contributed by atoms with Crippen molar-refractivity contribution in [3.05, 3.63) is 46.5 Å². The molecule has 1 aromatic carbocycles. The fraction of sp³-hybridized carbons (Fsp3) is 0.200. The van der Waals surface area contributed by atoms with Crippen LogP contribution in [0.4, 0.5) is 4.39 Å². The van der Waals surface area contributed by atoms with Crippen LogP contribution in [0.15, 0.2) is 24.4 Å². The molecule has 2 rings (SSSR count). The Bertz CT molecular complexity index is 515. The molecule has 0 fully saturated rings. The van der Waals surface area contributed by atoms with Crippen molar-refractivity contribution in [2.45, 2.75) is 6.10 Å². The molecule has 84 valence electrons. The number of halogens is 2. The zero-order valence-electron chi connectivity index (χ0n) is 8.43. The third kappa shape index (κ3) is 1.91. The lowest BCUT2D eigenvalue weighted by Gasteiger charge is -2.10. The lowest BCUT2D eigenvalue weighted by molar-refractivity contribution is 0.209. The standard InChI is InChI=1S/C10H9ClFN3O/c1-15-9(5-13-14-15)10(16)6-2-3-8(12)7(11)4-6/h2-5,10,16H,1H3. The van der Waals surface area contributed by atoms with Crippen molar-refractivity contribution in [3.8, 4) is 0 Å². The van der Waals surface area contributed by atoms with E-state index in [1.165, 1.54) is 29.1 Å². The molecule has 6 heteroatoms. The average Bonchev–Trinajstić information content (AvgIpc) is 2.67. The van der Waals surface area contributed by atoms with E-state index in [4.69, 9.17) is 11.6 Å². The van der Waals surface area contributed by atoms with Crippen LogP contribution in [0, 0.1) is 5.82 Å². The summed E-state index contributed by atoms with van der Waals surface area (Å²) in [6.45, 7) is 0. The van der Waals surface area contributed by atoms with Crippen LogP contribution >= 0.6 is 11.6 Å². The minimum Gasteiger partial charge on any atom is -0.382 e. The van der Waals surface area contributed by atoms with Crippen LogP contribution in [-0.2, 0) is 7.05 Å². The third-order valence-electron chi connectivity index (χ3n) is 2.29. The number of aliphatic hydroxyl groups is 1. The SMILES string of the molecule is Cn1nncc1C(O)c1ccc(F)c(Cl)c1. The van der Waals surface area contributed by atoms with Gasteiger partial charge in [0.15, 0.2) is 0 Å². The number of aromatic nitrogens is 3. The Morgan fingerprint density at radius 3 is 2.81 bits per heavy atom. The summed E-state index contributed by atoms with van der Waals surface area (Å²) in [6.07, 6.45) is 0.528. The van der Waals surface area contributed by atoms with Crippen LogP contribution in [0.25, 0.3) is 0 Å². The van der Waals surface area contributed by atoms with Crippen LogP contribution in [0.1, 0.15) is 17.4 Å². The van der Waals surface area contributed by atoms with Gasteiger partial charge in [-0.05, 0) is 17.7 Å². The molecule has 0 aliphatic rings. The number of nitrogens with zero attached hydrogens (tertiary/aromatic N) is 3. The highest BCUT2D eigenvalue weighted by molar-refractivity contribution is 6.30. The summed E-state index contributed by atoms with van der Waals surface area (Å²) >= 11 is 5.63. The van der Waals surface area contributed by atoms with Gasteiger partial charge in [-0.1, -0.05) is 22.9 Å². The Balaban J connectivity index is 2.38. The van der Waals surface area contributed by atoms with Crippen molar-refractivity contribution >= 4 is 11.6 Å². The second-order valence-electron chi connectivity index (χ2n) is 3.36. The zero-order valence-corrected chi connectivity index (χ0v) is 9.19. The fourth-order valence-corrected chi connectivity index (χ4v) is 1.59. The topological polar surface area (TPSA) is 50.9 Å². The zero-order chi connectivity index (χ0) is 11.7. The molecule has 1 unspecified atom stereocenters. The first-order valence-electron chi connectivity index (χ1n) is 4.57. The molecule has 1 heterocycles. The summed E-state index contributed by atoms with van der Waals surface area (Å²) in [6, 6.07) is 4.07. The second kappa shape index (κ2) is 4.19. The van der Waals surface area contributed by atoms with Crippen molar-refractivity contribution in [1.29, 1.82) is 0 Å². The van der Waals surface area contributed by atoms with Gasteiger partial charge < -0.3 is 5.11 Å². The maximum atomic E-state index is 12.9. The summed E-state index contributed by atoms with van der Waals surface area (Å²) in [4.78, 5) is 0. The van der Waals surface area contributed by atoms with Crippen molar-refractivity contribution < 1.29 is 9.50 Å². The number of rotatable bonds is 2. The predicted octanol–water partition coefficient (Wildman–Crippen LogP) is 1.69. The molecule has 1 atom stereocenters. The Kier molecular flexibility index (Phi) is 2.89. The quantitative estimate of drug-likeness (QED) is 0.871. The first-order valence-corrected chi connectivity index (χ1v) is 4.95. The first-order chi connectivity index (χ1) is 7.59.